The number of para-hydroxylation sites is 2. The number of nitrogens with zero attached hydrogens (tertiary/aromatic N) is 2. The summed E-state index contributed by atoms with van der Waals surface area (Å²) in [6.07, 6.45) is 1.60. The molecular formula is C12H13N5O. The van der Waals surface area contributed by atoms with Crippen LogP contribution in [0, 0.1) is 5.53 Å². The van der Waals surface area contributed by atoms with Gasteiger partial charge in [-0.1, -0.05) is 12.1 Å². The number of pyridine rings is 1. The van der Waals surface area contributed by atoms with Crippen molar-refractivity contribution in [3.63, 3.8) is 0 Å². The van der Waals surface area contributed by atoms with Gasteiger partial charge in [-0.15, -0.1) is 0 Å². The molecule has 92 valence electrons. The van der Waals surface area contributed by atoms with Crippen LogP contribution < -0.4 is 15.8 Å². The Bertz CT molecular complexity index is 543. The topological polar surface area (TPSA) is 96.4 Å². The lowest BCUT2D eigenvalue weighted by Gasteiger charge is -2.11. The molecule has 0 amide bonds. The van der Waals surface area contributed by atoms with Crippen molar-refractivity contribution in [3.8, 4) is 5.75 Å². The van der Waals surface area contributed by atoms with Crippen LogP contribution in [0.1, 0.15) is 0 Å². The van der Waals surface area contributed by atoms with E-state index in [1.165, 1.54) is 0 Å². The summed E-state index contributed by atoms with van der Waals surface area (Å²) in [5.41, 5.74) is 14.0. The highest BCUT2D eigenvalue weighted by atomic mass is 16.5. The van der Waals surface area contributed by atoms with Gasteiger partial charge < -0.3 is 15.8 Å². The van der Waals surface area contributed by atoms with E-state index in [4.69, 9.17) is 16.0 Å². The SMILES string of the molecule is N=Nc1ccccc1NCOc1cccnc1N. The van der Waals surface area contributed by atoms with E-state index in [9.17, 15) is 0 Å². The Hall–Kier alpha value is -2.63. The standard InChI is InChI=1S/C12H13N5O/c13-12-11(6-3-7-15-12)18-8-16-9-4-1-2-5-10(9)17-14/h1-7,14,16H,8H2,(H2,13,15). The molecular weight excluding hydrogens is 230 g/mol. The second kappa shape index (κ2) is 5.62. The van der Waals surface area contributed by atoms with Gasteiger partial charge in [0.05, 0.1) is 5.69 Å². The summed E-state index contributed by atoms with van der Waals surface area (Å²) in [5.74, 6) is 0.864. The van der Waals surface area contributed by atoms with Gasteiger partial charge in [0.25, 0.3) is 0 Å². The van der Waals surface area contributed by atoms with Crippen molar-refractivity contribution in [1.29, 1.82) is 5.53 Å². The molecule has 1 aromatic carbocycles. The van der Waals surface area contributed by atoms with Gasteiger partial charge in [-0.2, -0.15) is 5.11 Å². The lowest BCUT2D eigenvalue weighted by molar-refractivity contribution is 0.347. The van der Waals surface area contributed by atoms with Gasteiger partial charge in [-0.25, -0.2) is 10.5 Å². The molecule has 0 saturated heterocycles. The predicted octanol–water partition coefficient (Wildman–Crippen LogP) is 2.77. The molecule has 0 aliphatic heterocycles. The number of aromatic nitrogens is 1. The van der Waals surface area contributed by atoms with Gasteiger partial charge in [0.15, 0.2) is 18.3 Å². The average Bonchev–Trinajstić information content (AvgIpc) is 2.41. The Morgan fingerprint density at radius 2 is 2.11 bits per heavy atom. The van der Waals surface area contributed by atoms with Gasteiger partial charge in [0.1, 0.15) is 5.69 Å². The summed E-state index contributed by atoms with van der Waals surface area (Å²) >= 11 is 0. The third-order valence-corrected chi connectivity index (χ3v) is 2.31. The van der Waals surface area contributed by atoms with Crippen molar-refractivity contribution in [2.24, 2.45) is 5.11 Å². The maximum atomic E-state index is 7.03. The zero-order valence-corrected chi connectivity index (χ0v) is 9.63. The van der Waals surface area contributed by atoms with Crippen molar-refractivity contribution >= 4 is 17.2 Å². The van der Waals surface area contributed by atoms with Gasteiger partial charge in [0.2, 0.25) is 0 Å². The molecule has 4 N–H and O–H groups in total. The number of hydrogen-bond donors (Lipinski definition) is 3. The number of hydrogen-bond acceptors (Lipinski definition) is 6. The van der Waals surface area contributed by atoms with E-state index in [1.54, 1.807) is 24.4 Å². The lowest BCUT2D eigenvalue weighted by atomic mass is 10.3. The van der Waals surface area contributed by atoms with Crippen LogP contribution in [0.25, 0.3) is 0 Å². The molecule has 0 saturated carbocycles. The highest BCUT2D eigenvalue weighted by Crippen LogP contribution is 2.24. The number of anilines is 2. The molecule has 0 radical (unpaired) electrons. The largest absolute Gasteiger partial charge is 0.469 e. The molecule has 0 atom stereocenters. The first-order valence-electron chi connectivity index (χ1n) is 5.35. The van der Waals surface area contributed by atoms with Crippen LogP contribution in [-0.2, 0) is 0 Å². The highest BCUT2D eigenvalue weighted by Gasteiger charge is 2.01. The molecule has 0 fully saturated rings. The van der Waals surface area contributed by atoms with Crippen LogP contribution in [0.5, 0.6) is 5.75 Å². The van der Waals surface area contributed by atoms with E-state index in [-0.39, 0.29) is 6.73 Å². The van der Waals surface area contributed by atoms with E-state index in [0.717, 1.165) is 5.69 Å². The molecule has 0 unspecified atom stereocenters. The zero-order valence-electron chi connectivity index (χ0n) is 9.63. The van der Waals surface area contributed by atoms with Gasteiger partial charge in [-0.3, -0.25) is 0 Å². The molecule has 18 heavy (non-hydrogen) atoms. The summed E-state index contributed by atoms with van der Waals surface area (Å²) in [6.45, 7) is 0.225. The summed E-state index contributed by atoms with van der Waals surface area (Å²) in [4.78, 5) is 3.91. The number of nitrogens with one attached hydrogen (secondary N) is 2. The van der Waals surface area contributed by atoms with Gasteiger partial charge in [0, 0.05) is 6.20 Å². The zero-order chi connectivity index (χ0) is 12.8. The van der Waals surface area contributed by atoms with Gasteiger partial charge >= 0.3 is 0 Å². The Labute approximate surface area is 104 Å². The minimum Gasteiger partial charge on any atom is -0.469 e. The molecule has 0 aliphatic rings. The first kappa shape index (κ1) is 11.8. The average molecular weight is 243 g/mol. The normalized spacial score (nSPS) is 9.78. The predicted molar refractivity (Wildman–Crippen MR) is 69.0 cm³/mol. The fraction of sp³-hybridized carbons (Fsp3) is 0.0833. The van der Waals surface area contributed by atoms with Crippen LogP contribution in [0.3, 0.4) is 0 Å². The smallest absolute Gasteiger partial charge is 0.166 e. The number of nitrogen functional groups attached to an aromatic ring is 1. The lowest BCUT2D eigenvalue weighted by Crippen LogP contribution is -2.10. The number of rotatable bonds is 5. The quantitative estimate of drug-likeness (QED) is 0.555. The maximum absolute atomic E-state index is 7.03. The van der Waals surface area contributed by atoms with Crippen LogP contribution in [-0.4, -0.2) is 11.7 Å². The Balaban J connectivity index is 1.97. The van der Waals surface area contributed by atoms with Crippen molar-refractivity contribution < 1.29 is 4.74 Å². The molecule has 0 spiro atoms. The van der Waals surface area contributed by atoms with E-state index >= 15 is 0 Å². The van der Waals surface area contributed by atoms with E-state index < -0.39 is 0 Å². The highest BCUT2D eigenvalue weighted by molar-refractivity contribution is 5.64. The summed E-state index contributed by atoms with van der Waals surface area (Å²) < 4.78 is 5.44. The molecule has 0 aliphatic carbocycles. The van der Waals surface area contributed by atoms with Crippen LogP contribution in [0.15, 0.2) is 47.7 Å². The van der Waals surface area contributed by atoms with Crippen LogP contribution >= 0.6 is 0 Å². The molecule has 0 bridgehead atoms. The van der Waals surface area contributed by atoms with E-state index in [2.05, 4.69) is 15.4 Å². The maximum Gasteiger partial charge on any atom is 0.166 e. The Morgan fingerprint density at radius 1 is 1.28 bits per heavy atom. The monoisotopic (exact) mass is 243 g/mol. The third kappa shape index (κ3) is 2.73. The molecule has 6 heteroatoms. The van der Waals surface area contributed by atoms with Gasteiger partial charge in [-0.05, 0) is 24.3 Å². The van der Waals surface area contributed by atoms with Crippen molar-refractivity contribution in [3.05, 3.63) is 42.6 Å². The summed E-state index contributed by atoms with van der Waals surface area (Å²) in [5, 5.41) is 6.43. The fourth-order valence-corrected chi connectivity index (χ4v) is 1.44. The molecule has 6 nitrogen and oxygen atoms in total. The fourth-order valence-electron chi connectivity index (χ4n) is 1.44. The van der Waals surface area contributed by atoms with Crippen LogP contribution in [0.2, 0.25) is 0 Å². The van der Waals surface area contributed by atoms with Crippen molar-refractivity contribution in [1.82, 2.24) is 4.98 Å². The number of nitrogens with two attached hydrogens (primary N) is 1. The molecule has 2 rings (SSSR count). The van der Waals surface area contributed by atoms with Crippen molar-refractivity contribution in [2.45, 2.75) is 0 Å². The summed E-state index contributed by atoms with van der Waals surface area (Å²) in [7, 11) is 0. The minimum atomic E-state index is 0.225. The first-order valence-corrected chi connectivity index (χ1v) is 5.35. The first-order chi connectivity index (χ1) is 8.81. The van der Waals surface area contributed by atoms with Crippen LogP contribution in [0.4, 0.5) is 17.2 Å². The molecule has 1 aromatic heterocycles. The van der Waals surface area contributed by atoms with E-state index in [1.807, 2.05) is 18.2 Å². The summed E-state index contributed by atoms with van der Waals surface area (Å²) in [6, 6.07) is 10.7. The number of benzene rings is 1. The molecule has 1 heterocycles. The minimum absolute atomic E-state index is 0.225. The third-order valence-electron chi connectivity index (χ3n) is 2.31. The Morgan fingerprint density at radius 3 is 2.89 bits per heavy atom. The Kier molecular flexibility index (Phi) is 3.70. The van der Waals surface area contributed by atoms with E-state index in [0.29, 0.717) is 17.3 Å². The van der Waals surface area contributed by atoms with Crippen molar-refractivity contribution in [2.75, 3.05) is 17.8 Å². The second-order valence-corrected chi connectivity index (χ2v) is 3.48. The number of ether oxygens (including phenoxy) is 1. The molecule has 2 aromatic rings. The second-order valence-electron chi connectivity index (χ2n) is 3.48.